The highest BCUT2D eigenvalue weighted by molar-refractivity contribution is 6.32. The number of amides is 1. The van der Waals surface area contributed by atoms with E-state index >= 15 is 0 Å². The zero-order valence-electron chi connectivity index (χ0n) is 15.4. The summed E-state index contributed by atoms with van der Waals surface area (Å²) in [6.45, 7) is 5.50. The Labute approximate surface area is 159 Å². The predicted molar refractivity (Wildman–Crippen MR) is 106 cm³/mol. The molecule has 1 atom stereocenters. The lowest BCUT2D eigenvalue weighted by Crippen LogP contribution is -2.11. The number of rotatable bonds is 7. The van der Waals surface area contributed by atoms with Gasteiger partial charge in [-0.1, -0.05) is 18.5 Å². The quantitative estimate of drug-likeness (QED) is 0.674. The first kappa shape index (κ1) is 19.8. The van der Waals surface area contributed by atoms with Gasteiger partial charge >= 0.3 is 0 Å². The first-order valence-electron chi connectivity index (χ1n) is 8.38. The monoisotopic (exact) mass is 374 g/mol. The zero-order chi connectivity index (χ0) is 19.1. The van der Waals surface area contributed by atoms with E-state index in [-0.39, 0.29) is 12.0 Å². The number of methoxy groups -OCH3 is 1. The Morgan fingerprint density at radius 1 is 1.31 bits per heavy atom. The fourth-order valence-corrected chi connectivity index (χ4v) is 2.46. The lowest BCUT2D eigenvalue weighted by molar-refractivity contribution is -0.114. The Balaban J connectivity index is 2.19. The number of hydrogen-bond acceptors (Lipinski definition) is 4. The highest BCUT2D eigenvalue weighted by atomic mass is 35.5. The molecule has 0 heterocycles. The first-order chi connectivity index (χ1) is 12.4. The smallest absolute Gasteiger partial charge is 0.221 e. The molecule has 1 amide bonds. The van der Waals surface area contributed by atoms with Crippen LogP contribution in [0.5, 0.6) is 11.5 Å². The Kier molecular flexibility index (Phi) is 7.04. The van der Waals surface area contributed by atoms with Crippen molar-refractivity contribution in [2.75, 3.05) is 12.4 Å². The van der Waals surface area contributed by atoms with Crippen LogP contribution in [-0.2, 0) is 4.79 Å². The van der Waals surface area contributed by atoms with Gasteiger partial charge in [-0.15, -0.1) is 0 Å². The summed E-state index contributed by atoms with van der Waals surface area (Å²) >= 11 is 6.36. The van der Waals surface area contributed by atoms with E-state index < -0.39 is 0 Å². The SMILES string of the molecule is CC[C@H](C)Oc1c(Cl)cc(C=Nc2ccc(NC(C)=O)cc2)cc1OC. The predicted octanol–water partition coefficient (Wildman–Crippen LogP) is 5.23. The highest BCUT2D eigenvalue weighted by Gasteiger charge is 2.14. The summed E-state index contributed by atoms with van der Waals surface area (Å²) in [6.07, 6.45) is 2.62. The third-order valence-corrected chi connectivity index (χ3v) is 3.98. The van der Waals surface area contributed by atoms with Crippen LogP contribution in [-0.4, -0.2) is 25.3 Å². The molecule has 2 rings (SSSR count). The molecule has 0 aliphatic heterocycles. The summed E-state index contributed by atoms with van der Waals surface area (Å²) < 4.78 is 11.2. The van der Waals surface area contributed by atoms with E-state index in [1.54, 1.807) is 31.5 Å². The standard InChI is InChI=1S/C20H23ClN2O3/c1-5-13(2)26-20-18(21)10-15(11-19(20)25-4)12-22-16-6-8-17(9-7-16)23-14(3)24/h6-13H,5H2,1-4H3,(H,23,24)/t13-/m0/s1. The van der Waals surface area contributed by atoms with Crippen molar-refractivity contribution in [3.05, 3.63) is 47.0 Å². The van der Waals surface area contributed by atoms with Crippen molar-refractivity contribution in [2.45, 2.75) is 33.3 Å². The summed E-state index contributed by atoms with van der Waals surface area (Å²) in [5.74, 6) is 1.00. The molecule has 0 unspecified atom stereocenters. The molecule has 5 nitrogen and oxygen atoms in total. The average Bonchev–Trinajstić information content (AvgIpc) is 2.62. The fourth-order valence-electron chi connectivity index (χ4n) is 2.20. The Morgan fingerprint density at radius 2 is 2.00 bits per heavy atom. The van der Waals surface area contributed by atoms with Gasteiger partial charge in [-0.3, -0.25) is 9.79 Å². The second-order valence-electron chi connectivity index (χ2n) is 5.86. The van der Waals surface area contributed by atoms with Gasteiger partial charge < -0.3 is 14.8 Å². The molecule has 138 valence electrons. The van der Waals surface area contributed by atoms with E-state index in [9.17, 15) is 4.79 Å². The van der Waals surface area contributed by atoms with Gasteiger partial charge in [0.2, 0.25) is 5.91 Å². The van der Waals surface area contributed by atoms with Gasteiger partial charge in [-0.05, 0) is 55.3 Å². The van der Waals surface area contributed by atoms with Crippen molar-refractivity contribution in [2.24, 2.45) is 4.99 Å². The van der Waals surface area contributed by atoms with E-state index in [4.69, 9.17) is 21.1 Å². The minimum atomic E-state index is -0.109. The second kappa shape index (κ2) is 9.25. The lowest BCUT2D eigenvalue weighted by Gasteiger charge is -2.17. The molecule has 0 bridgehead atoms. The van der Waals surface area contributed by atoms with Gasteiger partial charge in [0.1, 0.15) is 0 Å². The van der Waals surface area contributed by atoms with Gasteiger partial charge in [-0.2, -0.15) is 0 Å². The maximum Gasteiger partial charge on any atom is 0.221 e. The summed E-state index contributed by atoms with van der Waals surface area (Å²) in [5, 5.41) is 3.19. The lowest BCUT2D eigenvalue weighted by atomic mass is 10.2. The van der Waals surface area contributed by atoms with Crippen molar-refractivity contribution in [1.29, 1.82) is 0 Å². The Hall–Kier alpha value is -2.53. The number of aliphatic imine (C=N–C) groups is 1. The van der Waals surface area contributed by atoms with Crippen molar-refractivity contribution in [3.63, 3.8) is 0 Å². The number of hydrogen-bond donors (Lipinski definition) is 1. The Morgan fingerprint density at radius 3 is 2.58 bits per heavy atom. The normalized spacial score (nSPS) is 12.0. The van der Waals surface area contributed by atoms with Gasteiger partial charge in [-0.25, -0.2) is 0 Å². The molecule has 0 saturated heterocycles. The molecule has 2 aromatic rings. The van der Waals surface area contributed by atoms with Gasteiger partial charge in [0.15, 0.2) is 11.5 Å². The maximum atomic E-state index is 11.0. The molecule has 1 N–H and O–H groups in total. The molecular weight excluding hydrogens is 352 g/mol. The van der Waals surface area contributed by atoms with Crippen LogP contribution in [0.1, 0.15) is 32.8 Å². The van der Waals surface area contributed by atoms with Crippen LogP contribution in [0, 0.1) is 0 Å². The number of anilines is 1. The molecule has 0 fully saturated rings. The number of nitrogens with one attached hydrogen (secondary N) is 1. The average molecular weight is 375 g/mol. The van der Waals surface area contributed by atoms with Crippen LogP contribution in [0.2, 0.25) is 5.02 Å². The number of halogens is 1. The largest absolute Gasteiger partial charge is 0.493 e. The van der Waals surface area contributed by atoms with Crippen LogP contribution in [0.3, 0.4) is 0 Å². The summed E-state index contributed by atoms with van der Waals surface area (Å²) in [6, 6.07) is 10.9. The van der Waals surface area contributed by atoms with Gasteiger partial charge in [0.25, 0.3) is 0 Å². The molecule has 0 aromatic heterocycles. The molecule has 0 radical (unpaired) electrons. The van der Waals surface area contributed by atoms with Crippen LogP contribution >= 0.6 is 11.6 Å². The van der Waals surface area contributed by atoms with Crippen LogP contribution in [0.4, 0.5) is 11.4 Å². The van der Waals surface area contributed by atoms with E-state index in [1.165, 1.54) is 6.92 Å². The molecule has 0 aliphatic carbocycles. The molecule has 0 saturated carbocycles. The summed E-state index contributed by atoms with van der Waals surface area (Å²) in [4.78, 5) is 15.5. The second-order valence-corrected chi connectivity index (χ2v) is 6.26. The molecular formula is C20H23ClN2O3. The maximum absolute atomic E-state index is 11.0. The van der Waals surface area contributed by atoms with E-state index in [0.29, 0.717) is 16.5 Å². The van der Waals surface area contributed by atoms with Crippen LogP contribution in [0.25, 0.3) is 0 Å². The molecule has 26 heavy (non-hydrogen) atoms. The number of ether oxygens (including phenoxy) is 2. The van der Waals surface area contributed by atoms with Crippen molar-refractivity contribution in [3.8, 4) is 11.5 Å². The number of benzene rings is 2. The minimum Gasteiger partial charge on any atom is -0.493 e. The Bertz CT molecular complexity index is 788. The number of carbonyl (C=O) groups excluding carboxylic acids is 1. The first-order valence-corrected chi connectivity index (χ1v) is 8.76. The van der Waals surface area contributed by atoms with Gasteiger partial charge in [0.05, 0.1) is 23.9 Å². The van der Waals surface area contributed by atoms with Crippen molar-refractivity contribution >= 4 is 35.1 Å². The van der Waals surface area contributed by atoms with Crippen LogP contribution in [0.15, 0.2) is 41.4 Å². The van der Waals surface area contributed by atoms with E-state index in [1.807, 2.05) is 32.0 Å². The van der Waals surface area contributed by atoms with E-state index in [2.05, 4.69) is 10.3 Å². The van der Waals surface area contributed by atoms with Crippen LogP contribution < -0.4 is 14.8 Å². The van der Waals surface area contributed by atoms with Crippen molar-refractivity contribution < 1.29 is 14.3 Å². The third kappa shape index (κ3) is 5.49. The van der Waals surface area contributed by atoms with E-state index in [0.717, 1.165) is 23.4 Å². The summed E-state index contributed by atoms with van der Waals surface area (Å²) in [7, 11) is 1.58. The van der Waals surface area contributed by atoms with Gasteiger partial charge in [0, 0.05) is 18.8 Å². The topological polar surface area (TPSA) is 59.9 Å². The minimum absolute atomic E-state index is 0.0445. The molecule has 0 aliphatic rings. The van der Waals surface area contributed by atoms with Crippen molar-refractivity contribution in [1.82, 2.24) is 0 Å². The summed E-state index contributed by atoms with van der Waals surface area (Å²) in [5.41, 5.74) is 2.29. The fraction of sp³-hybridized carbons (Fsp3) is 0.300. The zero-order valence-corrected chi connectivity index (χ0v) is 16.1. The molecule has 2 aromatic carbocycles. The third-order valence-electron chi connectivity index (χ3n) is 3.70. The molecule has 6 heteroatoms. The number of nitrogens with zero attached hydrogens (tertiary/aromatic N) is 1. The number of carbonyl (C=O) groups is 1. The highest BCUT2D eigenvalue weighted by Crippen LogP contribution is 2.37. The molecule has 0 spiro atoms.